The van der Waals surface area contributed by atoms with Crippen LogP contribution in [0.5, 0.6) is 0 Å². The third-order valence-corrected chi connectivity index (χ3v) is 4.49. The second kappa shape index (κ2) is 7.31. The zero-order chi connectivity index (χ0) is 12.7. The number of hydrogen-bond acceptors (Lipinski definition) is 3. The number of piperidine rings is 1. The molecule has 0 bridgehead atoms. The lowest BCUT2D eigenvalue weighted by Gasteiger charge is -2.29. The number of nitrogens with one attached hydrogen (secondary N) is 1. The molecule has 1 unspecified atom stereocenters. The monoisotopic (exact) mass is 264 g/mol. The largest absolute Gasteiger partial charge is 0.382 e. The summed E-state index contributed by atoms with van der Waals surface area (Å²) in [4.78, 5) is 0. The van der Waals surface area contributed by atoms with E-state index in [1.54, 1.807) is 4.31 Å². The molecule has 6 heteroatoms. The fourth-order valence-corrected chi connectivity index (χ4v) is 3.38. The van der Waals surface area contributed by atoms with Gasteiger partial charge in [-0.15, -0.1) is 0 Å². The van der Waals surface area contributed by atoms with E-state index in [9.17, 15) is 8.42 Å². The molecule has 0 aromatic heterocycles. The predicted octanol–water partition coefficient (Wildman–Crippen LogP) is 0.979. The molecule has 102 valence electrons. The number of rotatable bonds is 7. The molecule has 0 aliphatic carbocycles. The summed E-state index contributed by atoms with van der Waals surface area (Å²) in [6.45, 7) is 7.04. The Morgan fingerprint density at radius 3 is 2.88 bits per heavy atom. The third-order valence-electron chi connectivity index (χ3n) is 2.91. The van der Waals surface area contributed by atoms with Crippen LogP contribution in [0.15, 0.2) is 0 Å². The zero-order valence-electron chi connectivity index (χ0n) is 10.8. The maximum absolute atomic E-state index is 11.9. The van der Waals surface area contributed by atoms with Gasteiger partial charge in [0.1, 0.15) is 0 Å². The smallest absolute Gasteiger partial charge is 0.279 e. The van der Waals surface area contributed by atoms with E-state index in [0.717, 1.165) is 19.3 Å². The molecule has 1 aliphatic heterocycles. The van der Waals surface area contributed by atoms with Gasteiger partial charge in [0.25, 0.3) is 10.2 Å². The van der Waals surface area contributed by atoms with Crippen LogP contribution in [-0.2, 0) is 14.9 Å². The lowest BCUT2D eigenvalue weighted by molar-refractivity contribution is 0.145. The van der Waals surface area contributed by atoms with Crippen LogP contribution in [0.3, 0.4) is 0 Å². The fraction of sp³-hybridized carbons (Fsp3) is 1.00. The number of ether oxygens (including phenoxy) is 1. The second-order valence-electron chi connectivity index (χ2n) is 4.56. The Balaban J connectivity index is 2.29. The molecule has 0 aromatic carbocycles. The van der Waals surface area contributed by atoms with Crippen molar-refractivity contribution < 1.29 is 13.2 Å². The predicted molar refractivity (Wildman–Crippen MR) is 68.0 cm³/mol. The summed E-state index contributed by atoms with van der Waals surface area (Å²) in [5.41, 5.74) is 0. The van der Waals surface area contributed by atoms with Gasteiger partial charge in [0, 0.05) is 32.8 Å². The Hall–Kier alpha value is -0.170. The van der Waals surface area contributed by atoms with Gasteiger partial charge in [-0.05, 0) is 32.1 Å². The van der Waals surface area contributed by atoms with Crippen molar-refractivity contribution in [1.29, 1.82) is 0 Å². The van der Waals surface area contributed by atoms with Gasteiger partial charge in [-0.25, -0.2) is 4.72 Å². The highest BCUT2D eigenvalue weighted by molar-refractivity contribution is 7.87. The van der Waals surface area contributed by atoms with Gasteiger partial charge in [0.05, 0.1) is 0 Å². The second-order valence-corrected chi connectivity index (χ2v) is 6.31. The van der Waals surface area contributed by atoms with Gasteiger partial charge >= 0.3 is 0 Å². The van der Waals surface area contributed by atoms with E-state index in [4.69, 9.17) is 4.74 Å². The SMILES string of the molecule is CCOCCCNS(=O)(=O)N1CCCC(C)C1. The Kier molecular flexibility index (Phi) is 6.40. The molecular weight excluding hydrogens is 240 g/mol. The molecule has 0 aromatic rings. The van der Waals surface area contributed by atoms with Gasteiger partial charge in [-0.3, -0.25) is 0 Å². The van der Waals surface area contributed by atoms with E-state index in [0.29, 0.717) is 38.8 Å². The van der Waals surface area contributed by atoms with Gasteiger partial charge in [-0.1, -0.05) is 6.92 Å². The molecule has 1 fully saturated rings. The molecule has 0 amide bonds. The topological polar surface area (TPSA) is 58.6 Å². The summed E-state index contributed by atoms with van der Waals surface area (Å²) in [5, 5.41) is 0. The normalized spacial score (nSPS) is 22.8. The van der Waals surface area contributed by atoms with Crippen LogP contribution in [0, 0.1) is 5.92 Å². The van der Waals surface area contributed by atoms with Crippen molar-refractivity contribution in [3.63, 3.8) is 0 Å². The fourth-order valence-electron chi connectivity index (χ4n) is 1.98. The molecule has 1 atom stereocenters. The van der Waals surface area contributed by atoms with Crippen molar-refractivity contribution in [2.24, 2.45) is 5.92 Å². The van der Waals surface area contributed by atoms with Crippen LogP contribution < -0.4 is 4.72 Å². The lowest BCUT2D eigenvalue weighted by atomic mass is 10.0. The zero-order valence-corrected chi connectivity index (χ0v) is 11.6. The summed E-state index contributed by atoms with van der Waals surface area (Å²) in [7, 11) is -3.28. The Morgan fingerprint density at radius 2 is 2.24 bits per heavy atom. The minimum absolute atomic E-state index is 0.452. The highest BCUT2D eigenvalue weighted by atomic mass is 32.2. The van der Waals surface area contributed by atoms with E-state index in [1.165, 1.54) is 0 Å². The van der Waals surface area contributed by atoms with E-state index >= 15 is 0 Å². The molecule has 1 saturated heterocycles. The minimum atomic E-state index is -3.28. The van der Waals surface area contributed by atoms with Crippen molar-refractivity contribution in [2.75, 3.05) is 32.8 Å². The van der Waals surface area contributed by atoms with Crippen molar-refractivity contribution >= 4 is 10.2 Å². The van der Waals surface area contributed by atoms with Gasteiger partial charge < -0.3 is 4.74 Å². The summed E-state index contributed by atoms with van der Waals surface area (Å²) in [6, 6.07) is 0. The Bertz CT molecular complexity index is 306. The maximum Gasteiger partial charge on any atom is 0.279 e. The van der Waals surface area contributed by atoms with Crippen LogP contribution in [0.1, 0.15) is 33.1 Å². The minimum Gasteiger partial charge on any atom is -0.382 e. The van der Waals surface area contributed by atoms with Crippen LogP contribution in [-0.4, -0.2) is 45.6 Å². The highest BCUT2D eigenvalue weighted by Gasteiger charge is 2.26. The van der Waals surface area contributed by atoms with Crippen molar-refractivity contribution in [1.82, 2.24) is 9.03 Å². The highest BCUT2D eigenvalue weighted by Crippen LogP contribution is 2.17. The Morgan fingerprint density at radius 1 is 1.47 bits per heavy atom. The van der Waals surface area contributed by atoms with Gasteiger partial charge in [0.2, 0.25) is 0 Å². The first-order valence-corrected chi connectivity index (χ1v) is 7.82. The molecule has 1 N–H and O–H groups in total. The summed E-state index contributed by atoms with van der Waals surface area (Å²) < 4.78 is 33.2. The molecule has 17 heavy (non-hydrogen) atoms. The number of hydrogen-bond donors (Lipinski definition) is 1. The summed E-state index contributed by atoms with van der Waals surface area (Å²) in [6.07, 6.45) is 2.80. The molecule has 0 radical (unpaired) electrons. The first-order valence-electron chi connectivity index (χ1n) is 6.38. The maximum atomic E-state index is 11.9. The quantitative estimate of drug-likeness (QED) is 0.697. The van der Waals surface area contributed by atoms with Crippen LogP contribution in [0.2, 0.25) is 0 Å². The molecule has 0 spiro atoms. The summed E-state index contributed by atoms with van der Waals surface area (Å²) in [5.74, 6) is 0.462. The van der Waals surface area contributed by atoms with Crippen molar-refractivity contribution in [3.8, 4) is 0 Å². The molecule has 0 saturated carbocycles. The molecular formula is C11H24N2O3S. The van der Waals surface area contributed by atoms with Crippen LogP contribution >= 0.6 is 0 Å². The lowest BCUT2D eigenvalue weighted by Crippen LogP contribution is -2.45. The van der Waals surface area contributed by atoms with Crippen LogP contribution in [0.25, 0.3) is 0 Å². The van der Waals surface area contributed by atoms with E-state index in [2.05, 4.69) is 11.6 Å². The van der Waals surface area contributed by atoms with Crippen molar-refractivity contribution in [3.05, 3.63) is 0 Å². The van der Waals surface area contributed by atoms with Gasteiger partial charge in [0.15, 0.2) is 0 Å². The molecule has 1 heterocycles. The average Bonchev–Trinajstić information content (AvgIpc) is 2.29. The molecule has 1 aliphatic rings. The van der Waals surface area contributed by atoms with E-state index in [1.807, 2.05) is 6.92 Å². The molecule has 5 nitrogen and oxygen atoms in total. The van der Waals surface area contributed by atoms with Crippen molar-refractivity contribution in [2.45, 2.75) is 33.1 Å². The van der Waals surface area contributed by atoms with E-state index < -0.39 is 10.2 Å². The van der Waals surface area contributed by atoms with Gasteiger partial charge in [-0.2, -0.15) is 12.7 Å². The first-order chi connectivity index (χ1) is 8.06. The molecule has 1 rings (SSSR count). The first kappa shape index (κ1) is 14.9. The standard InChI is InChI=1S/C11H24N2O3S/c1-3-16-9-5-7-12-17(14,15)13-8-4-6-11(2)10-13/h11-12H,3-10H2,1-2H3. The summed E-state index contributed by atoms with van der Waals surface area (Å²) >= 11 is 0. The van der Waals surface area contributed by atoms with Crippen LogP contribution in [0.4, 0.5) is 0 Å². The third kappa shape index (κ3) is 5.33. The number of nitrogens with zero attached hydrogens (tertiary/aromatic N) is 1. The Labute approximate surface area is 105 Å². The average molecular weight is 264 g/mol. The van der Waals surface area contributed by atoms with E-state index in [-0.39, 0.29) is 0 Å².